The first-order valence-electron chi connectivity index (χ1n) is 5.35. The van der Waals surface area contributed by atoms with Gasteiger partial charge in [0.2, 0.25) is 5.91 Å². The SMILES string of the molecule is NC(=O)Cc1cn([C@H]2C[C@H](O)[C@@H](CO)O2)cn1. The molecular formula is C10H15N3O4. The van der Waals surface area contributed by atoms with E-state index in [1.807, 2.05) is 0 Å². The zero-order valence-electron chi connectivity index (χ0n) is 9.19. The predicted molar refractivity (Wildman–Crippen MR) is 56.7 cm³/mol. The van der Waals surface area contributed by atoms with E-state index in [2.05, 4.69) is 4.98 Å². The molecule has 0 radical (unpaired) electrons. The molecule has 2 heterocycles. The van der Waals surface area contributed by atoms with Gasteiger partial charge >= 0.3 is 0 Å². The third kappa shape index (κ3) is 2.63. The standard InChI is InChI=1S/C10H15N3O4/c11-9(16)1-6-3-13(5-12-6)10-2-7(15)8(4-14)17-10/h3,5,7-8,10,14-15H,1-2,4H2,(H2,11,16)/t7-,8+,10+/m0/s1. The number of ether oxygens (including phenoxy) is 1. The highest BCUT2D eigenvalue weighted by molar-refractivity contribution is 5.75. The van der Waals surface area contributed by atoms with Crippen LogP contribution >= 0.6 is 0 Å². The molecule has 4 N–H and O–H groups in total. The van der Waals surface area contributed by atoms with Crippen molar-refractivity contribution in [1.29, 1.82) is 0 Å². The van der Waals surface area contributed by atoms with Crippen molar-refractivity contribution in [2.24, 2.45) is 5.73 Å². The number of nitrogens with zero attached hydrogens (tertiary/aromatic N) is 2. The average Bonchev–Trinajstić information content (AvgIpc) is 2.83. The van der Waals surface area contributed by atoms with E-state index in [4.69, 9.17) is 15.6 Å². The van der Waals surface area contributed by atoms with Crippen LogP contribution in [0.25, 0.3) is 0 Å². The van der Waals surface area contributed by atoms with Crippen molar-refractivity contribution in [2.75, 3.05) is 6.61 Å². The van der Waals surface area contributed by atoms with Crippen LogP contribution in [0.15, 0.2) is 12.5 Å². The zero-order valence-corrected chi connectivity index (χ0v) is 9.19. The van der Waals surface area contributed by atoms with Gasteiger partial charge in [-0.05, 0) is 0 Å². The van der Waals surface area contributed by atoms with Crippen LogP contribution in [0.4, 0.5) is 0 Å². The van der Waals surface area contributed by atoms with Gasteiger partial charge in [0.25, 0.3) is 0 Å². The Morgan fingerprint density at radius 2 is 2.47 bits per heavy atom. The summed E-state index contributed by atoms with van der Waals surface area (Å²) < 4.78 is 7.10. The van der Waals surface area contributed by atoms with Crippen molar-refractivity contribution >= 4 is 5.91 Å². The van der Waals surface area contributed by atoms with Crippen LogP contribution in [0.5, 0.6) is 0 Å². The summed E-state index contributed by atoms with van der Waals surface area (Å²) in [4.78, 5) is 14.7. The number of aromatic nitrogens is 2. The minimum absolute atomic E-state index is 0.0751. The fraction of sp³-hybridized carbons (Fsp3) is 0.600. The molecule has 0 unspecified atom stereocenters. The van der Waals surface area contributed by atoms with E-state index >= 15 is 0 Å². The first-order valence-corrected chi connectivity index (χ1v) is 5.35. The van der Waals surface area contributed by atoms with Gasteiger partial charge in [0.15, 0.2) is 0 Å². The molecule has 94 valence electrons. The molecule has 17 heavy (non-hydrogen) atoms. The van der Waals surface area contributed by atoms with Gasteiger partial charge in [0.05, 0.1) is 31.2 Å². The summed E-state index contributed by atoms with van der Waals surface area (Å²) in [7, 11) is 0. The van der Waals surface area contributed by atoms with Crippen molar-refractivity contribution in [3.8, 4) is 0 Å². The first kappa shape index (κ1) is 12.0. The summed E-state index contributed by atoms with van der Waals surface area (Å²) in [5, 5.41) is 18.5. The Labute approximate surface area is 97.8 Å². The maximum atomic E-state index is 10.7. The molecule has 1 aliphatic heterocycles. The number of nitrogens with two attached hydrogens (primary N) is 1. The molecule has 0 spiro atoms. The van der Waals surface area contributed by atoms with Crippen LogP contribution in [0, 0.1) is 0 Å². The third-order valence-corrected chi connectivity index (χ3v) is 2.73. The lowest BCUT2D eigenvalue weighted by atomic mass is 10.2. The van der Waals surface area contributed by atoms with Gasteiger partial charge in [-0.2, -0.15) is 0 Å². The molecular weight excluding hydrogens is 226 g/mol. The molecule has 0 aliphatic carbocycles. The normalized spacial score (nSPS) is 28.5. The number of hydrogen-bond donors (Lipinski definition) is 3. The monoisotopic (exact) mass is 241 g/mol. The lowest BCUT2D eigenvalue weighted by molar-refractivity contribution is -0.117. The molecule has 1 fully saturated rings. The second kappa shape index (κ2) is 4.82. The van der Waals surface area contributed by atoms with Crippen LogP contribution < -0.4 is 5.73 Å². The first-order chi connectivity index (χ1) is 8.10. The van der Waals surface area contributed by atoms with Gasteiger partial charge in [-0.15, -0.1) is 0 Å². The number of carbonyl (C=O) groups is 1. The highest BCUT2D eigenvalue weighted by atomic mass is 16.5. The number of imidazole rings is 1. The molecule has 1 aliphatic rings. The van der Waals surface area contributed by atoms with Gasteiger partial charge in [-0.3, -0.25) is 4.79 Å². The number of carbonyl (C=O) groups excluding carboxylic acids is 1. The molecule has 1 amide bonds. The molecule has 1 aromatic rings. The second-order valence-corrected chi connectivity index (χ2v) is 4.07. The number of rotatable bonds is 4. The number of amides is 1. The van der Waals surface area contributed by atoms with Gasteiger partial charge in [-0.25, -0.2) is 4.98 Å². The highest BCUT2D eigenvalue weighted by Gasteiger charge is 2.34. The Hall–Kier alpha value is -1.44. The van der Waals surface area contributed by atoms with Gasteiger partial charge < -0.3 is 25.3 Å². The summed E-state index contributed by atoms with van der Waals surface area (Å²) in [6.45, 7) is -0.222. The molecule has 0 aromatic carbocycles. The van der Waals surface area contributed by atoms with E-state index < -0.39 is 18.1 Å². The Bertz CT molecular complexity index is 406. The van der Waals surface area contributed by atoms with Crippen LogP contribution in [-0.2, 0) is 16.0 Å². The molecule has 2 rings (SSSR count). The third-order valence-electron chi connectivity index (χ3n) is 2.73. The smallest absolute Gasteiger partial charge is 0.223 e. The second-order valence-electron chi connectivity index (χ2n) is 4.07. The Kier molecular flexibility index (Phi) is 3.41. The lowest BCUT2D eigenvalue weighted by Gasteiger charge is -2.12. The molecule has 1 saturated heterocycles. The number of primary amides is 1. The van der Waals surface area contributed by atoms with Crippen molar-refractivity contribution in [3.05, 3.63) is 18.2 Å². The van der Waals surface area contributed by atoms with Crippen molar-refractivity contribution < 1.29 is 19.7 Å². The van der Waals surface area contributed by atoms with E-state index in [1.165, 1.54) is 6.33 Å². The van der Waals surface area contributed by atoms with E-state index in [9.17, 15) is 9.90 Å². The Morgan fingerprint density at radius 3 is 3.06 bits per heavy atom. The fourth-order valence-electron chi connectivity index (χ4n) is 1.87. The highest BCUT2D eigenvalue weighted by Crippen LogP contribution is 2.28. The van der Waals surface area contributed by atoms with Crippen LogP contribution in [0.1, 0.15) is 18.3 Å². The summed E-state index contributed by atoms with van der Waals surface area (Å²) in [5.74, 6) is -0.448. The summed E-state index contributed by atoms with van der Waals surface area (Å²) >= 11 is 0. The predicted octanol–water partition coefficient (Wildman–Crippen LogP) is -1.45. The maximum Gasteiger partial charge on any atom is 0.223 e. The van der Waals surface area contributed by atoms with Crippen molar-refractivity contribution in [1.82, 2.24) is 9.55 Å². The molecule has 1 aromatic heterocycles. The van der Waals surface area contributed by atoms with E-state index in [-0.39, 0.29) is 19.3 Å². The maximum absolute atomic E-state index is 10.7. The largest absolute Gasteiger partial charge is 0.394 e. The van der Waals surface area contributed by atoms with Crippen molar-refractivity contribution in [3.63, 3.8) is 0 Å². The summed E-state index contributed by atoms with van der Waals surface area (Å²) in [6, 6.07) is 0. The molecule has 7 nitrogen and oxygen atoms in total. The molecule has 0 bridgehead atoms. The van der Waals surface area contributed by atoms with Gasteiger partial charge in [0, 0.05) is 12.6 Å². The molecule has 7 heteroatoms. The van der Waals surface area contributed by atoms with Crippen molar-refractivity contribution in [2.45, 2.75) is 31.3 Å². The Balaban J connectivity index is 2.03. The van der Waals surface area contributed by atoms with Crippen LogP contribution in [0.2, 0.25) is 0 Å². The quantitative estimate of drug-likeness (QED) is 0.597. The molecule has 3 atom stereocenters. The topological polar surface area (TPSA) is 111 Å². The number of aliphatic hydroxyl groups is 2. The van der Waals surface area contributed by atoms with Crippen LogP contribution in [-0.4, -0.2) is 44.5 Å². The summed E-state index contributed by atoms with van der Waals surface area (Å²) in [6.07, 6.45) is 2.02. The number of hydrogen-bond acceptors (Lipinski definition) is 5. The van der Waals surface area contributed by atoms with Gasteiger partial charge in [0.1, 0.15) is 12.3 Å². The van der Waals surface area contributed by atoms with E-state index in [0.29, 0.717) is 12.1 Å². The van der Waals surface area contributed by atoms with Crippen LogP contribution in [0.3, 0.4) is 0 Å². The Morgan fingerprint density at radius 1 is 1.71 bits per heavy atom. The fourth-order valence-corrected chi connectivity index (χ4v) is 1.87. The molecule has 0 saturated carbocycles. The van der Waals surface area contributed by atoms with E-state index in [1.54, 1.807) is 10.8 Å². The average molecular weight is 241 g/mol. The minimum Gasteiger partial charge on any atom is -0.394 e. The van der Waals surface area contributed by atoms with E-state index in [0.717, 1.165) is 0 Å². The zero-order chi connectivity index (χ0) is 12.4. The van der Waals surface area contributed by atoms with Gasteiger partial charge in [-0.1, -0.05) is 0 Å². The number of aliphatic hydroxyl groups excluding tert-OH is 2. The lowest BCUT2D eigenvalue weighted by Crippen LogP contribution is -2.24. The minimum atomic E-state index is -0.688. The summed E-state index contributed by atoms with van der Waals surface area (Å²) in [5.41, 5.74) is 5.62.